The van der Waals surface area contributed by atoms with E-state index in [0.717, 1.165) is 47.7 Å². The predicted molar refractivity (Wildman–Crippen MR) is 182 cm³/mol. The lowest BCUT2D eigenvalue weighted by Gasteiger charge is -2.34. The Labute approximate surface area is 297 Å². The van der Waals surface area contributed by atoms with Crippen LogP contribution in [0, 0.1) is 23.5 Å². The summed E-state index contributed by atoms with van der Waals surface area (Å²) < 4.78 is 68.5. The highest BCUT2D eigenvalue weighted by Gasteiger charge is 2.52. The van der Waals surface area contributed by atoms with E-state index in [4.69, 9.17) is 33.2 Å². The van der Waals surface area contributed by atoms with Crippen molar-refractivity contribution in [2.24, 2.45) is 11.8 Å². The summed E-state index contributed by atoms with van der Waals surface area (Å²) >= 11 is 0. The monoisotopic (exact) mass is 708 g/mol. The van der Waals surface area contributed by atoms with Crippen LogP contribution in [-0.4, -0.2) is 79.3 Å². The molecular weight excluding hydrogens is 662 g/mol. The lowest BCUT2D eigenvalue weighted by molar-refractivity contribution is -0.0912. The summed E-state index contributed by atoms with van der Waals surface area (Å²) in [5.41, 5.74) is 1.64. The number of rotatable bonds is 12. The second-order valence-electron chi connectivity index (χ2n) is 14.6. The maximum atomic E-state index is 14.2. The van der Waals surface area contributed by atoms with E-state index in [0.29, 0.717) is 50.0 Å². The molecule has 0 N–H and O–H groups in total. The van der Waals surface area contributed by atoms with Crippen molar-refractivity contribution in [2.75, 3.05) is 33.1 Å². The minimum atomic E-state index is -0.951. The van der Waals surface area contributed by atoms with E-state index in [1.54, 1.807) is 4.90 Å². The first kappa shape index (κ1) is 35.4. The molecule has 4 heterocycles. The summed E-state index contributed by atoms with van der Waals surface area (Å²) in [6, 6.07) is 17.0. The van der Waals surface area contributed by atoms with Gasteiger partial charge in [-0.15, -0.1) is 0 Å². The van der Waals surface area contributed by atoms with Gasteiger partial charge in [-0.05, 0) is 85.7 Å². The van der Waals surface area contributed by atoms with Gasteiger partial charge < -0.3 is 33.2 Å². The number of carbonyl (C=O) groups excluding carboxylic acids is 1. The van der Waals surface area contributed by atoms with Crippen molar-refractivity contribution in [2.45, 2.75) is 84.0 Å². The zero-order valence-corrected chi connectivity index (χ0v) is 29.5. The highest BCUT2D eigenvalue weighted by molar-refractivity contribution is 5.70. The Morgan fingerprint density at radius 2 is 1.73 bits per heavy atom. The summed E-state index contributed by atoms with van der Waals surface area (Å²) in [4.78, 5) is 18.3. The number of fused-ring (bicyclic) bond motifs is 2. The van der Waals surface area contributed by atoms with Crippen LogP contribution in [0.4, 0.5) is 13.6 Å². The number of hydrogen-bond donors (Lipinski definition) is 0. The van der Waals surface area contributed by atoms with Gasteiger partial charge >= 0.3 is 6.09 Å². The van der Waals surface area contributed by atoms with Gasteiger partial charge in [-0.1, -0.05) is 38.1 Å². The van der Waals surface area contributed by atoms with E-state index in [2.05, 4.69) is 24.8 Å². The third kappa shape index (κ3) is 8.09. The lowest BCUT2D eigenvalue weighted by atomic mass is 9.99. The second kappa shape index (κ2) is 14.9. The van der Waals surface area contributed by atoms with Gasteiger partial charge in [0, 0.05) is 19.6 Å². The molecule has 12 heteroatoms. The van der Waals surface area contributed by atoms with Crippen molar-refractivity contribution in [3.63, 3.8) is 0 Å². The van der Waals surface area contributed by atoms with Gasteiger partial charge in [-0.2, -0.15) is 0 Å². The van der Waals surface area contributed by atoms with E-state index < -0.39 is 29.6 Å². The number of halogens is 2. The molecule has 3 aromatic carbocycles. The first-order valence-corrected chi connectivity index (χ1v) is 17.7. The summed E-state index contributed by atoms with van der Waals surface area (Å²) in [5.74, 6) is 0.657. The molecule has 274 valence electrons. The van der Waals surface area contributed by atoms with Crippen LogP contribution in [0.3, 0.4) is 0 Å². The van der Waals surface area contributed by atoms with Crippen molar-refractivity contribution < 1.29 is 46.7 Å². The molecule has 0 aliphatic carbocycles. The Hall–Kier alpha value is -3.97. The van der Waals surface area contributed by atoms with Gasteiger partial charge in [-0.3, -0.25) is 9.80 Å². The molecule has 51 heavy (non-hydrogen) atoms. The summed E-state index contributed by atoms with van der Waals surface area (Å²) in [5, 5.41) is 0. The van der Waals surface area contributed by atoms with Gasteiger partial charge in [0.05, 0.1) is 31.3 Å². The predicted octanol–water partition coefficient (Wildman–Crippen LogP) is 6.68. The molecule has 10 nitrogen and oxygen atoms in total. The lowest BCUT2D eigenvalue weighted by Crippen LogP contribution is -2.51. The van der Waals surface area contributed by atoms with Gasteiger partial charge in [0.25, 0.3) is 0 Å². The number of benzene rings is 3. The third-order valence-electron chi connectivity index (χ3n) is 9.88. The summed E-state index contributed by atoms with van der Waals surface area (Å²) in [7, 11) is 0. The van der Waals surface area contributed by atoms with Gasteiger partial charge in [-0.25, -0.2) is 13.6 Å². The molecule has 5 atom stereocenters. The van der Waals surface area contributed by atoms with Crippen molar-refractivity contribution in [3.05, 3.63) is 89.0 Å². The molecular formula is C39H46F2N2O8. The van der Waals surface area contributed by atoms with Crippen LogP contribution < -0.4 is 14.2 Å². The fourth-order valence-electron chi connectivity index (χ4n) is 7.57. The van der Waals surface area contributed by atoms with Gasteiger partial charge in [0.1, 0.15) is 24.2 Å². The molecule has 0 unspecified atom stereocenters. The number of hydrogen-bond acceptors (Lipinski definition) is 9. The van der Waals surface area contributed by atoms with Crippen LogP contribution in [-0.2, 0) is 38.5 Å². The largest absolute Gasteiger partial charge is 0.489 e. The Kier molecular flexibility index (Phi) is 10.4. The van der Waals surface area contributed by atoms with Crippen LogP contribution in [0.25, 0.3) is 0 Å². The van der Waals surface area contributed by atoms with Crippen LogP contribution in [0.1, 0.15) is 50.8 Å². The summed E-state index contributed by atoms with van der Waals surface area (Å²) in [6.07, 6.45) is -0.225. The second-order valence-corrected chi connectivity index (χ2v) is 14.6. The van der Waals surface area contributed by atoms with E-state index in [1.807, 2.05) is 50.2 Å². The molecule has 1 amide bonds. The minimum absolute atomic E-state index is 0.0111. The minimum Gasteiger partial charge on any atom is -0.489 e. The zero-order chi connectivity index (χ0) is 35.7. The number of carbonyl (C=O) groups is 1. The van der Waals surface area contributed by atoms with Crippen molar-refractivity contribution in [3.8, 4) is 17.2 Å². The summed E-state index contributed by atoms with van der Waals surface area (Å²) in [6.45, 7) is 11.4. The fourth-order valence-corrected chi connectivity index (χ4v) is 7.57. The third-order valence-corrected chi connectivity index (χ3v) is 9.88. The quantitative estimate of drug-likeness (QED) is 0.205. The average Bonchev–Trinajstić information content (AvgIpc) is 3.87. The molecule has 0 radical (unpaired) electrons. The van der Waals surface area contributed by atoms with Gasteiger partial charge in [0.15, 0.2) is 29.4 Å². The van der Waals surface area contributed by atoms with Crippen LogP contribution in [0.5, 0.6) is 17.2 Å². The Bertz CT molecular complexity index is 1690. The van der Waals surface area contributed by atoms with Crippen LogP contribution in [0.15, 0.2) is 60.7 Å². The molecule has 0 bridgehead atoms. The highest BCUT2D eigenvalue weighted by Crippen LogP contribution is 2.39. The smallest absolute Gasteiger partial charge is 0.412 e. The van der Waals surface area contributed by atoms with E-state index in [1.165, 1.54) is 6.07 Å². The highest BCUT2D eigenvalue weighted by atomic mass is 19.2. The van der Waals surface area contributed by atoms with Crippen molar-refractivity contribution in [1.82, 2.24) is 9.80 Å². The van der Waals surface area contributed by atoms with Crippen molar-refractivity contribution >= 4 is 6.09 Å². The topological polar surface area (TPSA) is 88.2 Å². The molecule has 3 aromatic rings. The average molecular weight is 709 g/mol. The molecule has 3 fully saturated rings. The molecule has 0 saturated carbocycles. The van der Waals surface area contributed by atoms with Gasteiger partial charge in [0.2, 0.25) is 6.79 Å². The maximum absolute atomic E-state index is 14.2. The van der Waals surface area contributed by atoms with Crippen molar-refractivity contribution in [1.29, 1.82) is 0 Å². The Morgan fingerprint density at radius 3 is 2.51 bits per heavy atom. The van der Waals surface area contributed by atoms with Crippen LogP contribution >= 0.6 is 0 Å². The Morgan fingerprint density at radius 1 is 0.961 bits per heavy atom. The standard InChI is InChI=1S/C39H46F2N2O8/c1-24(2)18-42(19-26-8-12-33-34(17-26)49-23-48-33)20-35-32(16-25-5-9-28(10-6-25)46-21-27-7-11-30(40)31(41)15-27)43(39(3,4)51-35)38(44)50-36-22-47-37-29(36)13-14-45-37/h5-12,15,17,24,29,32,35-37H,13-14,16,18-23H2,1-4H3/t29-,32-,35+,36-,37+/m0/s1. The molecule has 0 aromatic heterocycles. The number of ether oxygens (including phenoxy) is 7. The fraction of sp³-hybridized carbons (Fsp3) is 0.513. The molecule has 7 rings (SSSR count). The maximum Gasteiger partial charge on any atom is 0.412 e. The zero-order valence-electron chi connectivity index (χ0n) is 29.5. The Balaban J connectivity index is 1.10. The van der Waals surface area contributed by atoms with E-state index in [9.17, 15) is 13.6 Å². The molecule has 4 aliphatic rings. The SMILES string of the molecule is CC(C)CN(Cc1ccc2c(c1)OCO2)C[C@H]1OC(C)(C)N(C(=O)O[C@H]2CO[C@H]3OCC[C@H]32)[C@H]1Cc1ccc(OCc2ccc(F)c(F)c2)cc1. The van der Waals surface area contributed by atoms with E-state index in [-0.39, 0.29) is 37.8 Å². The first-order chi connectivity index (χ1) is 24.5. The molecule has 0 spiro atoms. The number of nitrogens with zero attached hydrogens (tertiary/aromatic N) is 2. The molecule has 4 aliphatic heterocycles. The number of amides is 1. The van der Waals surface area contributed by atoms with E-state index >= 15 is 0 Å². The van der Waals surface area contributed by atoms with Crippen LogP contribution in [0.2, 0.25) is 0 Å². The normalized spacial score (nSPS) is 24.8. The first-order valence-electron chi connectivity index (χ1n) is 17.7. The molecule has 3 saturated heterocycles.